The van der Waals surface area contributed by atoms with Crippen molar-refractivity contribution in [2.24, 2.45) is 5.10 Å². The van der Waals surface area contributed by atoms with Gasteiger partial charge in [-0.3, -0.25) is 4.79 Å². The van der Waals surface area contributed by atoms with Gasteiger partial charge in [-0.1, -0.05) is 23.7 Å². The predicted molar refractivity (Wildman–Crippen MR) is 78.0 cm³/mol. The molecule has 0 aliphatic rings. The first-order valence-corrected chi connectivity index (χ1v) is 7.57. The van der Waals surface area contributed by atoms with E-state index in [1.807, 2.05) is 0 Å². The smallest absolute Gasteiger partial charge is 0.266 e. The largest absolute Gasteiger partial charge is 0.460 e. The maximum absolute atomic E-state index is 13.5. The maximum atomic E-state index is 13.5. The van der Waals surface area contributed by atoms with Crippen LogP contribution in [-0.4, -0.2) is 47.9 Å². The Labute approximate surface area is 167 Å². The van der Waals surface area contributed by atoms with Crippen LogP contribution in [0.4, 0.5) is 57.1 Å². The molecule has 1 N–H and O–H groups in total. The van der Waals surface area contributed by atoms with Crippen LogP contribution in [0.15, 0.2) is 29.4 Å². The van der Waals surface area contributed by atoms with Crippen LogP contribution in [0.2, 0.25) is 5.02 Å². The van der Waals surface area contributed by atoms with Gasteiger partial charge in [0.1, 0.15) is 0 Å². The number of alkyl halides is 13. The first-order valence-electron chi connectivity index (χ1n) is 7.19. The zero-order valence-electron chi connectivity index (χ0n) is 14.0. The van der Waals surface area contributed by atoms with Crippen LogP contribution < -0.4 is 5.43 Å². The molecule has 0 heterocycles. The molecule has 31 heavy (non-hydrogen) atoms. The van der Waals surface area contributed by atoms with Crippen LogP contribution in [0.3, 0.4) is 0 Å². The minimum absolute atomic E-state index is 0.0403. The lowest BCUT2D eigenvalue weighted by molar-refractivity contribution is -0.436. The maximum Gasteiger partial charge on any atom is 0.460 e. The van der Waals surface area contributed by atoms with E-state index in [-0.39, 0.29) is 10.6 Å². The van der Waals surface area contributed by atoms with E-state index in [2.05, 4.69) is 5.10 Å². The summed E-state index contributed by atoms with van der Waals surface area (Å²) in [7, 11) is 0. The van der Waals surface area contributed by atoms with E-state index in [1.54, 1.807) is 0 Å². The fraction of sp³-hybridized carbons (Fsp3) is 0.429. The average Bonchev–Trinajstić information content (AvgIpc) is 2.61. The molecule has 0 aliphatic carbocycles. The molecule has 1 aromatic rings. The van der Waals surface area contributed by atoms with E-state index in [1.165, 1.54) is 12.1 Å². The summed E-state index contributed by atoms with van der Waals surface area (Å²) in [5.74, 6) is -42.2. The molecule has 0 aliphatic heterocycles. The molecule has 0 saturated heterocycles. The Balaban J connectivity index is 3.23. The molecule has 3 nitrogen and oxygen atoms in total. The number of rotatable bonds is 7. The summed E-state index contributed by atoms with van der Waals surface area (Å²) in [4.78, 5) is 11.1. The minimum atomic E-state index is -8.09. The van der Waals surface area contributed by atoms with E-state index in [4.69, 9.17) is 11.6 Å². The fourth-order valence-electron chi connectivity index (χ4n) is 1.70. The van der Waals surface area contributed by atoms with Crippen molar-refractivity contribution in [2.75, 3.05) is 0 Å². The van der Waals surface area contributed by atoms with Crippen molar-refractivity contribution in [3.63, 3.8) is 0 Å². The molecule has 176 valence electrons. The average molecular weight is 501 g/mol. The number of halogens is 14. The SMILES string of the molecule is O=C(NN=Cc1ccc(Cl)cc1)C(F)(F)C(F)(F)C(F)(F)C(F)(F)C(F)(F)C(F)(F)F. The number of hydrogen-bond acceptors (Lipinski definition) is 2. The van der Waals surface area contributed by atoms with E-state index < -0.39 is 41.7 Å². The van der Waals surface area contributed by atoms with E-state index in [0.717, 1.165) is 12.1 Å². The Kier molecular flexibility index (Phi) is 6.92. The quantitative estimate of drug-likeness (QED) is 0.299. The molecular weight excluding hydrogens is 495 g/mol. The Bertz CT molecular complexity index is 834. The highest BCUT2D eigenvalue weighted by Crippen LogP contribution is 2.60. The number of hydrazone groups is 1. The number of carbonyl (C=O) groups excluding carboxylic acids is 1. The normalized spacial score (nSPS) is 14.8. The highest BCUT2D eigenvalue weighted by molar-refractivity contribution is 6.30. The summed E-state index contributed by atoms with van der Waals surface area (Å²) in [5.41, 5.74) is 0.524. The van der Waals surface area contributed by atoms with Crippen LogP contribution in [0.1, 0.15) is 5.56 Å². The molecule has 17 heteroatoms. The summed E-state index contributed by atoms with van der Waals surface area (Å²) in [6.45, 7) is 0. The molecule has 1 rings (SSSR count). The van der Waals surface area contributed by atoms with E-state index in [0.29, 0.717) is 11.6 Å². The lowest BCUT2D eigenvalue weighted by Gasteiger charge is -2.38. The van der Waals surface area contributed by atoms with Crippen LogP contribution in [0, 0.1) is 0 Å². The predicted octanol–water partition coefficient (Wildman–Crippen LogP) is 5.53. The van der Waals surface area contributed by atoms with Gasteiger partial charge in [-0.25, -0.2) is 5.43 Å². The number of benzene rings is 1. The van der Waals surface area contributed by atoms with Crippen molar-refractivity contribution in [3.05, 3.63) is 34.9 Å². The van der Waals surface area contributed by atoms with Crippen LogP contribution in [0.5, 0.6) is 0 Å². The first-order chi connectivity index (χ1) is 13.6. The van der Waals surface area contributed by atoms with Crippen LogP contribution >= 0.6 is 11.6 Å². The molecule has 1 amide bonds. The van der Waals surface area contributed by atoms with E-state index >= 15 is 0 Å². The fourth-order valence-corrected chi connectivity index (χ4v) is 1.82. The zero-order chi connectivity index (χ0) is 24.7. The van der Waals surface area contributed by atoms with Crippen molar-refractivity contribution < 1.29 is 61.9 Å². The lowest BCUT2D eigenvalue weighted by Crippen LogP contribution is -2.71. The van der Waals surface area contributed by atoms with Gasteiger partial charge in [-0.05, 0) is 17.7 Å². The van der Waals surface area contributed by atoms with Gasteiger partial charge in [-0.15, -0.1) is 0 Å². The monoisotopic (exact) mass is 500 g/mol. The van der Waals surface area contributed by atoms with Crippen molar-refractivity contribution in [1.82, 2.24) is 5.43 Å². The number of hydrogen-bond donors (Lipinski definition) is 1. The molecule has 0 unspecified atom stereocenters. The molecule has 0 spiro atoms. The van der Waals surface area contributed by atoms with Gasteiger partial charge in [0.25, 0.3) is 0 Å². The van der Waals surface area contributed by atoms with E-state index in [9.17, 15) is 61.9 Å². The molecule has 0 aromatic heterocycles. The van der Waals surface area contributed by atoms with Gasteiger partial charge < -0.3 is 0 Å². The number of carbonyl (C=O) groups is 1. The summed E-state index contributed by atoms with van der Waals surface area (Å²) in [6.07, 6.45) is -7.07. The molecule has 0 saturated carbocycles. The highest BCUT2D eigenvalue weighted by atomic mass is 35.5. The number of nitrogens with zero attached hydrogens (tertiary/aromatic N) is 1. The Morgan fingerprint density at radius 2 is 1.16 bits per heavy atom. The summed E-state index contributed by atoms with van der Waals surface area (Å²) in [5, 5.41) is 2.80. The Morgan fingerprint density at radius 1 is 0.742 bits per heavy atom. The lowest BCUT2D eigenvalue weighted by atomic mass is 9.93. The highest BCUT2D eigenvalue weighted by Gasteiger charge is 2.91. The second-order valence-electron chi connectivity index (χ2n) is 5.62. The zero-order valence-corrected chi connectivity index (χ0v) is 14.8. The second-order valence-corrected chi connectivity index (χ2v) is 6.06. The first kappa shape index (κ1) is 26.8. The molecule has 0 radical (unpaired) electrons. The van der Waals surface area contributed by atoms with Crippen molar-refractivity contribution in [1.29, 1.82) is 0 Å². The molecular formula is C14H6ClF13N2O. The standard InChI is InChI=1S/C14H6ClF13N2O/c15-7-3-1-6(2-4-7)5-29-30-8(31)9(16,17)10(18,19)11(20,21)12(22,23)13(24,25)14(26,27)28/h1-5H,(H,30,31). The van der Waals surface area contributed by atoms with Crippen molar-refractivity contribution >= 4 is 23.7 Å². The minimum Gasteiger partial charge on any atom is -0.266 e. The number of amides is 1. The Morgan fingerprint density at radius 3 is 1.58 bits per heavy atom. The molecule has 0 atom stereocenters. The topological polar surface area (TPSA) is 41.5 Å². The number of nitrogens with one attached hydrogen (secondary N) is 1. The molecule has 1 aromatic carbocycles. The van der Waals surface area contributed by atoms with Crippen LogP contribution in [0.25, 0.3) is 0 Å². The van der Waals surface area contributed by atoms with Gasteiger partial charge in [0, 0.05) is 5.02 Å². The summed E-state index contributed by atoms with van der Waals surface area (Å²) >= 11 is 5.49. The third-order valence-electron chi connectivity index (χ3n) is 3.47. The second kappa shape index (κ2) is 8.02. The summed E-state index contributed by atoms with van der Waals surface area (Å²) in [6, 6.07) is 4.63. The van der Waals surface area contributed by atoms with Crippen molar-refractivity contribution in [3.8, 4) is 0 Å². The van der Waals surface area contributed by atoms with Crippen LogP contribution in [-0.2, 0) is 4.79 Å². The third kappa shape index (κ3) is 4.39. The van der Waals surface area contributed by atoms with Gasteiger partial charge >= 0.3 is 41.7 Å². The third-order valence-corrected chi connectivity index (χ3v) is 3.72. The van der Waals surface area contributed by atoms with Gasteiger partial charge in [-0.2, -0.15) is 62.2 Å². The van der Waals surface area contributed by atoms with Gasteiger partial charge in [0.2, 0.25) is 0 Å². The molecule has 0 fully saturated rings. The van der Waals surface area contributed by atoms with Gasteiger partial charge in [0.15, 0.2) is 0 Å². The van der Waals surface area contributed by atoms with Crippen molar-refractivity contribution in [2.45, 2.75) is 35.8 Å². The Hall–Kier alpha value is -2.26. The van der Waals surface area contributed by atoms with Gasteiger partial charge in [0.05, 0.1) is 6.21 Å². The summed E-state index contributed by atoms with van der Waals surface area (Å²) < 4.78 is 168. The molecule has 0 bridgehead atoms.